The Kier molecular flexibility index (Phi) is 4.71. The molecule has 1 amide bonds. The summed E-state index contributed by atoms with van der Waals surface area (Å²) in [6.07, 6.45) is 0.923. The predicted octanol–water partition coefficient (Wildman–Crippen LogP) is 1.08. The third-order valence-electron chi connectivity index (χ3n) is 4.08. The van der Waals surface area contributed by atoms with Crippen molar-refractivity contribution in [1.29, 1.82) is 0 Å². The van der Waals surface area contributed by atoms with E-state index in [1.807, 2.05) is 12.1 Å². The molecule has 0 saturated carbocycles. The molecule has 8 heteroatoms. The fourth-order valence-corrected chi connectivity index (χ4v) is 4.45. The fraction of sp³-hybridized carbons (Fsp3) is 0.353. The normalized spacial score (nSPS) is 20.1. The Balaban J connectivity index is 1.66. The Bertz CT molecular complexity index is 920. The molecule has 0 unspecified atom stereocenters. The van der Waals surface area contributed by atoms with Crippen LogP contribution in [0.25, 0.3) is 10.9 Å². The van der Waals surface area contributed by atoms with Gasteiger partial charge in [0, 0.05) is 17.6 Å². The quantitative estimate of drug-likeness (QED) is 0.817. The van der Waals surface area contributed by atoms with E-state index in [2.05, 4.69) is 10.3 Å². The number of benzene rings is 1. The molecule has 0 aliphatic carbocycles. The standard InChI is InChI=1S/C17H18N2O5S/c1-11(16(20)19-13-7-9-25(22,23)10-13)24-17(21)14-6-2-4-12-5-3-8-18-15(12)14/h2-6,8,11,13H,7,9-10H2,1H3,(H,19,20)/t11-,13+/m0/s1. The molecule has 1 N–H and O–H groups in total. The topological polar surface area (TPSA) is 102 Å². The van der Waals surface area contributed by atoms with Crippen molar-refractivity contribution in [3.63, 3.8) is 0 Å². The zero-order valence-electron chi connectivity index (χ0n) is 13.6. The Labute approximate surface area is 145 Å². The highest BCUT2D eigenvalue weighted by Gasteiger charge is 2.31. The van der Waals surface area contributed by atoms with Crippen LogP contribution in [0.4, 0.5) is 0 Å². The number of hydrogen-bond donors (Lipinski definition) is 1. The molecule has 1 saturated heterocycles. The van der Waals surface area contributed by atoms with Crippen LogP contribution in [0, 0.1) is 0 Å². The fourth-order valence-electron chi connectivity index (χ4n) is 2.77. The van der Waals surface area contributed by atoms with E-state index in [-0.39, 0.29) is 17.1 Å². The first-order chi connectivity index (χ1) is 11.9. The monoisotopic (exact) mass is 362 g/mol. The minimum absolute atomic E-state index is 0.0633. The van der Waals surface area contributed by atoms with Gasteiger partial charge in [-0.05, 0) is 25.5 Å². The summed E-state index contributed by atoms with van der Waals surface area (Å²) >= 11 is 0. The van der Waals surface area contributed by atoms with E-state index in [1.165, 1.54) is 6.92 Å². The molecular formula is C17H18N2O5S. The zero-order chi connectivity index (χ0) is 18.0. The van der Waals surface area contributed by atoms with Crippen molar-refractivity contribution in [2.45, 2.75) is 25.5 Å². The number of carbonyl (C=O) groups excluding carboxylic acids is 2. The lowest BCUT2D eigenvalue weighted by molar-refractivity contribution is -0.129. The molecule has 0 spiro atoms. The van der Waals surface area contributed by atoms with Crippen LogP contribution >= 0.6 is 0 Å². The molecular weight excluding hydrogens is 344 g/mol. The number of nitrogens with one attached hydrogen (secondary N) is 1. The van der Waals surface area contributed by atoms with E-state index in [9.17, 15) is 18.0 Å². The van der Waals surface area contributed by atoms with E-state index in [0.29, 0.717) is 11.9 Å². The molecule has 7 nitrogen and oxygen atoms in total. The minimum atomic E-state index is -3.09. The Morgan fingerprint density at radius 2 is 2.04 bits per heavy atom. The first-order valence-electron chi connectivity index (χ1n) is 7.91. The zero-order valence-corrected chi connectivity index (χ0v) is 14.5. The predicted molar refractivity (Wildman–Crippen MR) is 91.8 cm³/mol. The largest absolute Gasteiger partial charge is 0.449 e. The van der Waals surface area contributed by atoms with Crippen molar-refractivity contribution in [2.75, 3.05) is 11.5 Å². The molecule has 1 aromatic heterocycles. The van der Waals surface area contributed by atoms with Gasteiger partial charge in [-0.1, -0.05) is 18.2 Å². The van der Waals surface area contributed by atoms with Crippen molar-refractivity contribution in [1.82, 2.24) is 10.3 Å². The number of amides is 1. The van der Waals surface area contributed by atoms with Crippen molar-refractivity contribution >= 4 is 32.6 Å². The average molecular weight is 362 g/mol. The molecule has 0 bridgehead atoms. The Hall–Kier alpha value is -2.48. The van der Waals surface area contributed by atoms with Crippen LogP contribution in [-0.4, -0.2) is 48.9 Å². The number of ether oxygens (including phenoxy) is 1. The van der Waals surface area contributed by atoms with Crippen LogP contribution < -0.4 is 5.32 Å². The van der Waals surface area contributed by atoms with Crippen LogP contribution in [0.2, 0.25) is 0 Å². The molecule has 2 aromatic rings. The minimum Gasteiger partial charge on any atom is -0.449 e. The van der Waals surface area contributed by atoms with Crippen LogP contribution in [0.5, 0.6) is 0 Å². The summed E-state index contributed by atoms with van der Waals surface area (Å²) in [5, 5.41) is 3.41. The third kappa shape index (κ3) is 3.96. The maximum absolute atomic E-state index is 12.4. The summed E-state index contributed by atoms with van der Waals surface area (Å²) in [5.74, 6) is -1.17. The highest BCUT2D eigenvalue weighted by Crippen LogP contribution is 2.17. The number of esters is 1. The molecule has 132 valence electrons. The van der Waals surface area contributed by atoms with Gasteiger partial charge in [0.25, 0.3) is 5.91 Å². The molecule has 25 heavy (non-hydrogen) atoms. The van der Waals surface area contributed by atoms with Crippen LogP contribution in [-0.2, 0) is 19.4 Å². The van der Waals surface area contributed by atoms with E-state index in [4.69, 9.17) is 4.74 Å². The molecule has 1 aliphatic heterocycles. The molecule has 2 atom stereocenters. The maximum atomic E-state index is 12.4. The second-order valence-electron chi connectivity index (χ2n) is 6.04. The lowest BCUT2D eigenvalue weighted by atomic mass is 10.1. The number of pyridine rings is 1. The molecule has 1 fully saturated rings. The first-order valence-corrected chi connectivity index (χ1v) is 9.73. The van der Waals surface area contributed by atoms with Crippen LogP contribution in [0.1, 0.15) is 23.7 Å². The van der Waals surface area contributed by atoms with E-state index in [0.717, 1.165) is 5.39 Å². The summed E-state index contributed by atoms with van der Waals surface area (Å²) in [6.45, 7) is 1.45. The molecule has 3 rings (SSSR count). The van der Waals surface area contributed by atoms with Gasteiger partial charge in [-0.2, -0.15) is 0 Å². The SMILES string of the molecule is C[C@H](OC(=O)c1cccc2cccnc12)C(=O)N[C@@H]1CCS(=O)(=O)C1. The highest BCUT2D eigenvalue weighted by atomic mass is 32.2. The maximum Gasteiger partial charge on any atom is 0.341 e. The van der Waals surface area contributed by atoms with Gasteiger partial charge in [-0.25, -0.2) is 13.2 Å². The second-order valence-corrected chi connectivity index (χ2v) is 8.27. The number of para-hydroxylation sites is 1. The Morgan fingerprint density at radius 3 is 2.76 bits per heavy atom. The van der Waals surface area contributed by atoms with Gasteiger partial charge in [-0.3, -0.25) is 9.78 Å². The van der Waals surface area contributed by atoms with Gasteiger partial charge in [0.05, 0.1) is 22.6 Å². The highest BCUT2D eigenvalue weighted by molar-refractivity contribution is 7.91. The summed E-state index contributed by atoms with van der Waals surface area (Å²) in [6, 6.07) is 8.30. The van der Waals surface area contributed by atoms with Crippen molar-refractivity contribution in [2.24, 2.45) is 0 Å². The number of fused-ring (bicyclic) bond motifs is 1. The number of carbonyl (C=O) groups is 2. The average Bonchev–Trinajstić information content (AvgIpc) is 2.92. The smallest absolute Gasteiger partial charge is 0.341 e. The number of sulfone groups is 1. The Morgan fingerprint density at radius 1 is 1.28 bits per heavy atom. The summed E-state index contributed by atoms with van der Waals surface area (Å²) in [4.78, 5) is 28.7. The summed E-state index contributed by atoms with van der Waals surface area (Å²) in [5.41, 5.74) is 0.783. The second kappa shape index (κ2) is 6.79. The van der Waals surface area contributed by atoms with E-state index in [1.54, 1.807) is 24.4 Å². The van der Waals surface area contributed by atoms with Crippen LogP contribution in [0.3, 0.4) is 0 Å². The van der Waals surface area contributed by atoms with E-state index >= 15 is 0 Å². The first kappa shape index (κ1) is 17.3. The van der Waals surface area contributed by atoms with Gasteiger partial charge in [0.1, 0.15) is 0 Å². The van der Waals surface area contributed by atoms with Gasteiger partial charge in [0.2, 0.25) is 0 Å². The molecule has 1 aliphatic rings. The van der Waals surface area contributed by atoms with Gasteiger partial charge in [-0.15, -0.1) is 0 Å². The number of hydrogen-bond acceptors (Lipinski definition) is 6. The van der Waals surface area contributed by atoms with Gasteiger partial charge >= 0.3 is 5.97 Å². The van der Waals surface area contributed by atoms with Crippen molar-refractivity contribution < 1.29 is 22.7 Å². The van der Waals surface area contributed by atoms with Gasteiger partial charge in [0.15, 0.2) is 15.9 Å². The van der Waals surface area contributed by atoms with E-state index < -0.39 is 33.9 Å². The lowest BCUT2D eigenvalue weighted by Crippen LogP contribution is -2.42. The van der Waals surface area contributed by atoms with Crippen LogP contribution in [0.15, 0.2) is 36.5 Å². The van der Waals surface area contributed by atoms with Crippen molar-refractivity contribution in [3.8, 4) is 0 Å². The number of rotatable bonds is 4. The van der Waals surface area contributed by atoms with Crippen molar-refractivity contribution in [3.05, 3.63) is 42.1 Å². The lowest BCUT2D eigenvalue weighted by Gasteiger charge is -2.16. The summed E-state index contributed by atoms with van der Waals surface area (Å²) < 4.78 is 28.1. The summed E-state index contributed by atoms with van der Waals surface area (Å²) in [7, 11) is -3.09. The number of nitrogens with zero attached hydrogens (tertiary/aromatic N) is 1. The number of aromatic nitrogens is 1. The third-order valence-corrected chi connectivity index (χ3v) is 5.85. The van der Waals surface area contributed by atoms with Gasteiger partial charge < -0.3 is 10.1 Å². The molecule has 2 heterocycles. The molecule has 1 aromatic carbocycles. The molecule has 0 radical (unpaired) electrons.